The van der Waals surface area contributed by atoms with Gasteiger partial charge in [0.1, 0.15) is 6.33 Å². The zero-order valence-corrected chi connectivity index (χ0v) is 9.78. The fraction of sp³-hybridized carbons (Fsp3) is 0.167. The van der Waals surface area contributed by atoms with E-state index in [2.05, 4.69) is 9.97 Å². The molecule has 3 nitrogen and oxygen atoms in total. The van der Waals surface area contributed by atoms with Gasteiger partial charge < -0.3 is 5.73 Å². The van der Waals surface area contributed by atoms with E-state index in [1.807, 2.05) is 12.1 Å². The molecule has 0 unspecified atom stereocenters. The minimum Gasteiger partial charge on any atom is -0.325 e. The lowest BCUT2D eigenvalue weighted by molar-refractivity contribution is 0.574. The summed E-state index contributed by atoms with van der Waals surface area (Å²) in [6, 6.07) is 7.21. The average Bonchev–Trinajstić information content (AvgIpc) is 2.35. The number of hydrogen-bond acceptors (Lipinski definition) is 3. The van der Waals surface area contributed by atoms with Crippen LogP contribution in [0.4, 0.5) is 4.39 Å². The highest BCUT2D eigenvalue weighted by Crippen LogP contribution is 2.15. The zero-order chi connectivity index (χ0) is 12.3. The van der Waals surface area contributed by atoms with E-state index in [1.54, 1.807) is 12.1 Å². The normalized spacial score (nSPS) is 10.5. The molecule has 0 bridgehead atoms. The van der Waals surface area contributed by atoms with Crippen LogP contribution < -0.4 is 5.73 Å². The van der Waals surface area contributed by atoms with Gasteiger partial charge in [-0.2, -0.15) is 0 Å². The number of nitrogens with two attached hydrogens (primary N) is 1. The van der Waals surface area contributed by atoms with E-state index in [1.165, 1.54) is 6.33 Å². The van der Waals surface area contributed by atoms with Gasteiger partial charge in [0.05, 0.1) is 11.4 Å². The van der Waals surface area contributed by atoms with Gasteiger partial charge >= 0.3 is 0 Å². The summed E-state index contributed by atoms with van der Waals surface area (Å²) in [6.45, 7) is 0.0714. The maximum absolute atomic E-state index is 13.8. The molecule has 0 radical (unpaired) electrons. The lowest BCUT2D eigenvalue weighted by Gasteiger charge is -2.05. The molecule has 0 aliphatic carbocycles. The van der Waals surface area contributed by atoms with Crippen molar-refractivity contribution in [3.05, 3.63) is 58.4 Å². The van der Waals surface area contributed by atoms with Crippen LogP contribution in [-0.4, -0.2) is 9.97 Å². The fourth-order valence-corrected chi connectivity index (χ4v) is 1.64. The van der Waals surface area contributed by atoms with E-state index in [9.17, 15) is 4.39 Å². The molecule has 2 N–H and O–H groups in total. The smallest absolute Gasteiger partial charge is 0.167 e. The lowest BCUT2D eigenvalue weighted by Crippen LogP contribution is -2.08. The predicted octanol–water partition coefficient (Wildman–Crippen LogP) is 2.32. The van der Waals surface area contributed by atoms with E-state index in [0.29, 0.717) is 17.1 Å². The van der Waals surface area contributed by atoms with Crippen molar-refractivity contribution in [3.63, 3.8) is 0 Å². The Morgan fingerprint density at radius 1 is 1.12 bits per heavy atom. The van der Waals surface area contributed by atoms with E-state index in [4.69, 9.17) is 17.3 Å². The summed E-state index contributed by atoms with van der Waals surface area (Å²) in [4.78, 5) is 7.71. The standard InChI is InChI=1S/C12H11ClFN3/c13-9-3-1-8(2-4-9)5-10-12(14)11(6-15)17-7-16-10/h1-4,7H,5-6,15H2. The second-order valence-electron chi connectivity index (χ2n) is 3.59. The van der Waals surface area contributed by atoms with E-state index in [0.717, 1.165) is 5.56 Å². The third-order valence-corrected chi connectivity index (χ3v) is 2.66. The monoisotopic (exact) mass is 251 g/mol. The summed E-state index contributed by atoms with van der Waals surface area (Å²) in [6.07, 6.45) is 1.73. The molecular weight excluding hydrogens is 241 g/mol. The van der Waals surface area contributed by atoms with Gasteiger partial charge in [0.2, 0.25) is 0 Å². The number of nitrogens with zero attached hydrogens (tertiary/aromatic N) is 2. The van der Waals surface area contributed by atoms with Crippen molar-refractivity contribution in [1.29, 1.82) is 0 Å². The van der Waals surface area contributed by atoms with Crippen molar-refractivity contribution < 1.29 is 4.39 Å². The summed E-state index contributed by atoms with van der Waals surface area (Å²) in [5.41, 5.74) is 6.91. The SMILES string of the molecule is NCc1ncnc(Cc2ccc(Cl)cc2)c1F. The Kier molecular flexibility index (Phi) is 3.66. The second-order valence-corrected chi connectivity index (χ2v) is 4.02. The van der Waals surface area contributed by atoms with Crippen molar-refractivity contribution in [1.82, 2.24) is 9.97 Å². The van der Waals surface area contributed by atoms with Crippen LogP contribution in [0, 0.1) is 5.82 Å². The third-order valence-electron chi connectivity index (χ3n) is 2.41. The van der Waals surface area contributed by atoms with Crippen LogP contribution in [0.25, 0.3) is 0 Å². The molecular formula is C12H11ClFN3. The molecule has 2 rings (SSSR count). The third kappa shape index (κ3) is 2.78. The quantitative estimate of drug-likeness (QED) is 0.911. The van der Waals surface area contributed by atoms with Crippen molar-refractivity contribution in [2.24, 2.45) is 5.73 Å². The Bertz CT molecular complexity index is 514. The molecule has 0 aliphatic rings. The van der Waals surface area contributed by atoms with E-state index in [-0.39, 0.29) is 12.2 Å². The molecule has 5 heteroatoms. The summed E-state index contributed by atoms with van der Waals surface area (Å²) < 4.78 is 13.8. The highest BCUT2D eigenvalue weighted by Gasteiger charge is 2.10. The van der Waals surface area contributed by atoms with Gasteiger partial charge in [-0.05, 0) is 17.7 Å². The first-order valence-corrected chi connectivity index (χ1v) is 5.51. The first kappa shape index (κ1) is 12.0. The Labute approximate surface area is 103 Å². The molecule has 17 heavy (non-hydrogen) atoms. The van der Waals surface area contributed by atoms with Crippen LogP contribution in [0.2, 0.25) is 5.02 Å². The number of halogens is 2. The van der Waals surface area contributed by atoms with Crippen molar-refractivity contribution >= 4 is 11.6 Å². The molecule has 2 aromatic rings. The number of benzene rings is 1. The number of hydrogen-bond donors (Lipinski definition) is 1. The average molecular weight is 252 g/mol. The van der Waals surface area contributed by atoms with Crippen LogP contribution in [0.15, 0.2) is 30.6 Å². The zero-order valence-electron chi connectivity index (χ0n) is 9.03. The molecule has 0 saturated heterocycles. The van der Waals surface area contributed by atoms with E-state index < -0.39 is 5.82 Å². The van der Waals surface area contributed by atoms with Crippen molar-refractivity contribution in [2.75, 3.05) is 0 Å². The maximum Gasteiger partial charge on any atom is 0.167 e. The summed E-state index contributed by atoms with van der Waals surface area (Å²) in [5, 5.41) is 0.652. The molecule has 0 aliphatic heterocycles. The van der Waals surface area contributed by atoms with Gasteiger partial charge in [-0.25, -0.2) is 14.4 Å². The molecule has 1 aromatic carbocycles. The molecule has 1 heterocycles. The van der Waals surface area contributed by atoms with Gasteiger partial charge in [0.25, 0.3) is 0 Å². The Balaban J connectivity index is 2.27. The van der Waals surface area contributed by atoms with Crippen LogP contribution in [0.3, 0.4) is 0 Å². The molecule has 0 saturated carbocycles. The van der Waals surface area contributed by atoms with Crippen LogP contribution in [0.1, 0.15) is 17.0 Å². The molecule has 0 spiro atoms. The molecule has 88 valence electrons. The number of aromatic nitrogens is 2. The van der Waals surface area contributed by atoms with Gasteiger partial charge in [-0.3, -0.25) is 0 Å². The lowest BCUT2D eigenvalue weighted by atomic mass is 10.1. The molecule has 1 aromatic heterocycles. The Hall–Kier alpha value is -1.52. The Morgan fingerprint density at radius 3 is 2.41 bits per heavy atom. The van der Waals surface area contributed by atoms with Crippen LogP contribution in [0.5, 0.6) is 0 Å². The van der Waals surface area contributed by atoms with Crippen LogP contribution in [-0.2, 0) is 13.0 Å². The topological polar surface area (TPSA) is 51.8 Å². The summed E-state index contributed by atoms with van der Waals surface area (Å²) in [7, 11) is 0. The molecule has 0 atom stereocenters. The minimum atomic E-state index is -0.426. The molecule has 0 fully saturated rings. The number of rotatable bonds is 3. The maximum atomic E-state index is 13.8. The van der Waals surface area contributed by atoms with Crippen LogP contribution >= 0.6 is 11.6 Å². The molecule has 0 amide bonds. The first-order chi connectivity index (χ1) is 8.20. The van der Waals surface area contributed by atoms with Gasteiger partial charge in [0.15, 0.2) is 5.82 Å². The highest BCUT2D eigenvalue weighted by molar-refractivity contribution is 6.30. The largest absolute Gasteiger partial charge is 0.325 e. The summed E-state index contributed by atoms with van der Waals surface area (Å²) >= 11 is 5.78. The predicted molar refractivity (Wildman–Crippen MR) is 64.1 cm³/mol. The summed E-state index contributed by atoms with van der Waals surface area (Å²) in [5.74, 6) is -0.426. The van der Waals surface area contributed by atoms with Gasteiger partial charge in [-0.1, -0.05) is 23.7 Å². The Morgan fingerprint density at radius 2 is 1.76 bits per heavy atom. The minimum absolute atomic E-state index is 0.0714. The van der Waals surface area contributed by atoms with Crippen molar-refractivity contribution in [3.8, 4) is 0 Å². The van der Waals surface area contributed by atoms with Crippen molar-refractivity contribution in [2.45, 2.75) is 13.0 Å². The fourth-order valence-electron chi connectivity index (χ4n) is 1.51. The van der Waals surface area contributed by atoms with Gasteiger partial charge in [-0.15, -0.1) is 0 Å². The first-order valence-electron chi connectivity index (χ1n) is 5.13. The van der Waals surface area contributed by atoms with E-state index >= 15 is 0 Å². The second kappa shape index (κ2) is 5.21. The highest BCUT2D eigenvalue weighted by atomic mass is 35.5. The van der Waals surface area contributed by atoms with Gasteiger partial charge in [0, 0.05) is 18.0 Å².